The highest BCUT2D eigenvalue weighted by molar-refractivity contribution is 5.83. The van der Waals surface area contributed by atoms with E-state index in [9.17, 15) is 4.79 Å². The lowest BCUT2D eigenvalue weighted by atomic mass is 9.83. The molecule has 0 N–H and O–H groups in total. The van der Waals surface area contributed by atoms with Crippen LogP contribution in [-0.4, -0.2) is 59.7 Å². The van der Waals surface area contributed by atoms with Crippen molar-refractivity contribution < 1.29 is 23.8 Å². The third kappa shape index (κ3) is 1.24. The Balaban J connectivity index is 1.53. The van der Waals surface area contributed by atoms with Crippen LogP contribution < -0.4 is 0 Å². The van der Waals surface area contributed by atoms with Crippen molar-refractivity contribution in [1.29, 1.82) is 0 Å². The lowest BCUT2D eigenvalue weighted by Gasteiger charge is -2.46. The maximum absolute atomic E-state index is 11.9. The zero-order valence-corrected chi connectivity index (χ0v) is 10.8. The summed E-state index contributed by atoms with van der Waals surface area (Å²) in [6.45, 7) is 2.92. The summed E-state index contributed by atoms with van der Waals surface area (Å²) in [5, 5.41) is 2.01. The Morgan fingerprint density at radius 3 is 2.89 bits per heavy atom. The van der Waals surface area contributed by atoms with Crippen molar-refractivity contribution in [3.05, 3.63) is 0 Å². The average Bonchev–Trinajstić information content (AvgIpc) is 3.29. The van der Waals surface area contributed by atoms with Gasteiger partial charge >= 0.3 is 5.97 Å². The molecule has 104 valence electrons. The molecule has 6 nitrogen and oxygen atoms in total. The number of carbonyl (C=O) groups is 1. The molecule has 5 fully saturated rings. The fraction of sp³-hybridized carbons (Fsp3) is 0.923. The average molecular weight is 267 g/mol. The highest BCUT2D eigenvalue weighted by Gasteiger charge is 2.83. The summed E-state index contributed by atoms with van der Waals surface area (Å²) in [5.41, 5.74) is -0.564. The van der Waals surface area contributed by atoms with E-state index < -0.39 is 11.7 Å². The number of hydroxylamine groups is 2. The Morgan fingerprint density at radius 1 is 1.32 bits per heavy atom. The topological polar surface area (TPSA) is 63.8 Å². The van der Waals surface area contributed by atoms with Gasteiger partial charge in [0.05, 0.1) is 12.1 Å². The van der Waals surface area contributed by atoms with Crippen molar-refractivity contribution >= 4 is 5.97 Å². The summed E-state index contributed by atoms with van der Waals surface area (Å²) < 4.78 is 16.9. The summed E-state index contributed by atoms with van der Waals surface area (Å²) in [4.78, 5) is 18.0. The van der Waals surface area contributed by atoms with Crippen LogP contribution in [0.3, 0.4) is 0 Å². The predicted octanol–water partition coefficient (Wildman–Crippen LogP) is 0.00500. The van der Waals surface area contributed by atoms with Gasteiger partial charge in [-0.3, -0.25) is 4.84 Å². The molecule has 0 amide bonds. The van der Waals surface area contributed by atoms with E-state index in [1.807, 2.05) is 12.0 Å². The van der Waals surface area contributed by atoms with Gasteiger partial charge < -0.3 is 14.2 Å². The fourth-order valence-electron chi connectivity index (χ4n) is 4.08. The second kappa shape index (κ2) is 3.31. The van der Waals surface area contributed by atoms with E-state index in [1.165, 1.54) is 0 Å². The van der Waals surface area contributed by atoms with Gasteiger partial charge in [0.1, 0.15) is 12.2 Å². The molecule has 5 aliphatic heterocycles. The van der Waals surface area contributed by atoms with E-state index in [0.717, 1.165) is 25.8 Å². The molecular formula is C13H17NO5. The lowest BCUT2D eigenvalue weighted by Crippen LogP contribution is -2.64. The van der Waals surface area contributed by atoms with Crippen molar-refractivity contribution in [2.24, 2.45) is 0 Å². The van der Waals surface area contributed by atoms with Gasteiger partial charge in [-0.15, -0.1) is 0 Å². The fourth-order valence-corrected chi connectivity index (χ4v) is 4.08. The van der Waals surface area contributed by atoms with Gasteiger partial charge in [-0.1, -0.05) is 6.42 Å². The van der Waals surface area contributed by atoms with Crippen molar-refractivity contribution in [2.45, 2.75) is 68.3 Å². The van der Waals surface area contributed by atoms with Crippen LogP contribution in [0.25, 0.3) is 0 Å². The molecule has 6 heteroatoms. The van der Waals surface area contributed by atoms with Gasteiger partial charge in [-0.25, -0.2) is 4.79 Å². The molecule has 0 saturated carbocycles. The summed E-state index contributed by atoms with van der Waals surface area (Å²) in [6, 6.07) is 0.149. The monoisotopic (exact) mass is 267 g/mol. The Labute approximate surface area is 110 Å². The summed E-state index contributed by atoms with van der Waals surface area (Å²) >= 11 is 0. The lowest BCUT2D eigenvalue weighted by molar-refractivity contribution is -0.308. The highest BCUT2D eigenvalue weighted by Crippen LogP contribution is 2.58. The van der Waals surface area contributed by atoms with E-state index in [0.29, 0.717) is 0 Å². The molecule has 19 heavy (non-hydrogen) atoms. The van der Waals surface area contributed by atoms with Crippen LogP contribution in [0.4, 0.5) is 0 Å². The van der Waals surface area contributed by atoms with E-state index >= 15 is 0 Å². The largest absolute Gasteiger partial charge is 0.455 e. The normalized spacial score (nSPS) is 58.9. The van der Waals surface area contributed by atoms with E-state index in [4.69, 9.17) is 19.0 Å². The van der Waals surface area contributed by atoms with Crippen molar-refractivity contribution in [3.8, 4) is 0 Å². The molecule has 0 aromatic carbocycles. The zero-order valence-electron chi connectivity index (χ0n) is 10.8. The Bertz CT molecular complexity index is 456. The first-order valence-corrected chi connectivity index (χ1v) is 7.19. The summed E-state index contributed by atoms with van der Waals surface area (Å²) in [5.74, 6) is -0.223. The number of carbonyl (C=O) groups excluding carboxylic acids is 1. The molecule has 5 saturated heterocycles. The van der Waals surface area contributed by atoms with Gasteiger partial charge in [0.25, 0.3) is 0 Å². The number of ether oxygens (including phenoxy) is 3. The quantitative estimate of drug-likeness (QED) is 0.492. The third-order valence-corrected chi connectivity index (χ3v) is 5.17. The number of rotatable bonds is 1. The van der Waals surface area contributed by atoms with Crippen LogP contribution >= 0.6 is 0 Å². The van der Waals surface area contributed by atoms with Crippen molar-refractivity contribution in [1.82, 2.24) is 5.06 Å². The number of piperidine rings is 1. The number of esters is 1. The molecule has 5 heterocycles. The zero-order chi connectivity index (χ0) is 12.8. The molecule has 0 radical (unpaired) electrons. The Hall–Kier alpha value is -0.690. The smallest absolute Gasteiger partial charge is 0.339 e. The van der Waals surface area contributed by atoms with E-state index in [-0.39, 0.29) is 36.4 Å². The second-order valence-electron chi connectivity index (χ2n) is 6.24. The van der Waals surface area contributed by atoms with E-state index in [2.05, 4.69) is 0 Å². The summed E-state index contributed by atoms with van der Waals surface area (Å²) in [7, 11) is 0. The molecule has 7 unspecified atom stereocenters. The molecule has 5 aliphatic rings. The molecule has 5 rings (SSSR count). The minimum atomic E-state index is -0.564. The molecule has 1 spiro atoms. The highest BCUT2D eigenvalue weighted by atomic mass is 16.8. The number of nitrogens with zero attached hydrogens (tertiary/aromatic N) is 1. The molecule has 0 aromatic heterocycles. The second-order valence-corrected chi connectivity index (χ2v) is 6.24. The van der Waals surface area contributed by atoms with Crippen LogP contribution in [0.5, 0.6) is 0 Å². The molecule has 0 aromatic rings. The number of hydrogen-bond donors (Lipinski definition) is 0. The van der Waals surface area contributed by atoms with Crippen molar-refractivity contribution in [3.63, 3.8) is 0 Å². The number of hydrogen-bond acceptors (Lipinski definition) is 6. The molecule has 7 atom stereocenters. The Kier molecular flexibility index (Phi) is 1.92. The minimum absolute atomic E-state index is 0.0323. The number of epoxide rings is 2. The maximum Gasteiger partial charge on any atom is 0.339 e. The summed E-state index contributed by atoms with van der Waals surface area (Å²) in [6.07, 6.45) is 2.69. The first kappa shape index (κ1) is 11.0. The van der Waals surface area contributed by atoms with Gasteiger partial charge in [0.15, 0.2) is 17.8 Å². The maximum atomic E-state index is 11.9. The van der Waals surface area contributed by atoms with Crippen LogP contribution in [-0.2, 0) is 23.8 Å². The van der Waals surface area contributed by atoms with Gasteiger partial charge in [-0.2, -0.15) is 5.06 Å². The van der Waals surface area contributed by atoms with Crippen LogP contribution in [0.15, 0.2) is 0 Å². The van der Waals surface area contributed by atoms with Crippen LogP contribution in [0.2, 0.25) is 0 Å². The van der Waals surface area contributed by atoms with E-state index in [1.54, 1.807) is 0 Å². The molecule has 0 bridgehead atoms. The van der Waals surface area contributed by atoms with Crippen molar-refractivity contribution in [2.75, 3.05) is 6.54 Å². The predicted molar refractivity (Wildman–Crippen MR) is 61.0 cm³/mol. The Morgan fingerprint density at radius 2 is 2.16 bits per heavy atom. The van der Waals surface area contributed by atoms with Crippen LogP contribution in [0, 0.1) is 0 Å². The first-order valence-electron chi connectivity index (χ1n) is 7.19. The number of fused-ring (bicyclic) bond motifs is 2. The third-order valence-electron chi connectivity index (χ3n) is 5.17. The molecule has 0 aliphatic carbocycles. The first-order chi connectivity index (χ1) is 9.22. The van der Waals surface area contributed by atoms with Gasteiger partial charge in [0.2, 0.25) is 0 Å². The van der Waals surface area contributed by atoms with Gasteiger partial charge in [0, 0.05) is 6.54 Å². The molecular weight excluding hydrogens is 250 g/mol. The van der Waals surface area contributed by atoms with Gasteiger partial charge in [-0.05, 0) is 19.8 Å². The standard InChI is InChI=1S/C13H17NO5/c1-6-8(16-6)10-13-9(17-12(15)11(13)18-13)7-4-2-3-5-14(7)19-10/h6-11H,2-5H2,1H3. The SMILES string of the molecule is CC1OC1C1ON2CCCCC2C2OC(=O)C3OC312. The van der Waals surface area contributed by atoms with Crippen LogP contribution in [0.1, 0.15) is 26.2 Å². The minimum Gasteiger partial charge on any atom is -0.455 e.